The predicted molar refractivity (Wildman–Crippen MR) is 72.9 cm³/mol. The number of nitrogens with zero attached hydrogens (tertiary/aromatic N) is 3. The molecule has 3 aromatic rings. The molecule has 0 saturated heterocycles. The number of aromatic nitrogens is 3. The number of aryl methyl sites for hydroxylation is 1. The van der Waals surface area contributed by atoms with Gasteiger partial charge in [-0.15, -0.1) is 0 Å². The molecule has 0 aliphatic rings. The lowest BCUT2D eigenvalue weighted by Gasteiger charge is -2.10. The molecule has 1 aromatic heterocycles. The molecular formula is C15H15N3O2. The van der Waals surface area contributed by atoms with Gasteiger partial charge in [0.25, 0.3) is 6.33 Å². The Morgan fingerprint density at radius 2 is 1.85 bits per heavy atom. The maximum Gasteiger partial charge on any atom is 0.270 e. The van der Waals surface area contributed by atoms with Crippen LogP contribution in [0.4, 0.5) is 0 Å². The van der Waals surface area contributed by atoms with Gasteiger partial charge in [0.2, 0.25) is 6.33 Å². The second kappa shape index (κ2) is 5.54. The summed E-state index contributed by atoms with van der Waals surface area (Å²) in [4.78, 5) is 0. The van der Waals surface area contributed by atoms with Crippen LogP contribution in [0.15, 0.2) is 61.2 Å². The van der Waals surface area contributed by atoms with Gasteiger partial charge in [-0.05, 0) is 30.7 Å². The molecule has 0 radical (unpaired) electrons. The number of rotatable bonds is 2. The third kappa shape index (κ3) is 2.53. The molecular weight excluding hydrogens is 254 g/mol. The fraction of sp³-hybridized carbons (Fsp3) is 0.0667. The summed E-state index contributed by atoms with van der Waals surface area (Å²) < 4.78 is 3.48. The summed E-state index contributed by atoms with van der Waals surface area (Å²) in [5.74, 6) is -0.0109. The molecule has 0 atom stereocenters. The van der Waals surface area contributed by atoms with E-state index in [4.69, 9.17) is 0 Å². The van der Waals surface area contributed by atoms with Gasteiger partial charge in [-0.3, -0.25) is 0 Å². The van der Waals surface area contributed by atoms with Crippen molar-refractivity contribution in [1.29, 1.82) is 0 Å². The number of hydrogen-bond donors (Lipinski definition) is 0. The van der Waals surface area contributed by atoms with Crippen molar-refractivity contribution >= 4 is 0 Å². The van der Waals surface area contributed by atoms with Gasteiger partial charge in [-0.25, -0.2) is 4.57 Å². The van der Waals surface area contributed by atoms with Crippen LogP contribution in [0.2, 0.25) is 0 Å². The van der Waals surface area contributed by atoms with Gasteiger partial charge in [-0.2, -0.15) is 0 Å². The van der Waals surface area contributed by atoms with Crippen LogP contribution in [-0.4, -0.2) is 15.3 Å². The first kappa shape index (κ1) is 13.8. The molecule has 0 bridgehead atoms. The first-order valence-corrected chi connectivity index (χ1v) is 6.03. The molecule has 0 fully saturated rings. The highest BCUT2D eigenvalue weighted by molar-refractivity contribution is 5.40. The van der Waals surface area contributed by atoms with Crippen LogP contribution in [0.3, 0.4) is 0 Å². The van der Waals surface area contributed by atoms with E-state index in [2.05, 4.69) is 5.10 Å². The maximum atomic E-state index is 11.9. The molecule has 0 amide bonds. The van der Waals surface area contributed by atoms with E-state index < -0.39 is 0 Å². The summed E-state index contributed by atoms with van der Waals surface area (Å²) >= 11 is 0. The van der Waals surface area contributed by atoms with Gasteiger partial charge in [0.1, 0.15) is 5.69 Å². The Balaban J connectivity index is 0.00000147. The van der Waals surface area contributed by atoms with E-state index in [1.807, 2.05) is 49.4 Å². The largest absolute Gasteiger partial charge is 0.870 e. The minimum atomic E-state index is -0.0109. The van der Waals surface area contributed by atoms with Crippen LogP contribution in [0.25, 0.3) is 11.4 Å². The lowest BCUT2D eigenvalue weighted by atomic mass is 10.2. The van der Waals surface area contributed by atoms with Crippen molar-refractivity contribution in [3.63, 3.8) is 0 Å². The molecule has 102 valence electrons. The van der Waals surface area contributed by atoms with E-state index in [1.165, 1.54) is 0 Å². The van der Waals surface area contributed by atoms with Crippen molar-refractivity contribution in [3.05, 3.63) is 66.7 Å². The molecule has 0 aliphatic carbocycles. The predicted octanol–water partition coefficient (Wildman–Crippen LogP) is 0.706. The molecule has 0 spiro atoms. The second-order valence-electron chi connectivity index (χ2n) is 4.40. The summed E-state index contributed by atoms with van der Waals surface area (Å²) in [6.07, 6.45) is 3.44. The van der Waals surface area contributed by atoms with Crippen molar-refractivity contribution in [2.75, 3.05) is 0 Å². The van der Waals surface area contributed by atoms with Gasteiger partial charge in [0, 0.05) is 5.10 Å². The summed E-state index contributed by atoms with van der Waals surface area (Å²) in [6, 6.07) is 15.0. The van der Waals surface area contributed by atoms with E-state index in [0.29, 0.717) is 5.69 Å². The fourth-order valence-corrected chi connectivity index (χ4v) is 1.96. The molecule has 0 aliphatic heterocycles. The van der Waals surface area contributed by atoms with Crippen LogP contribution in [-0.2, 0) is 0 Å². The van der Waals surface area contributed by atoms with Gasteiger partial charge < -0.3 is 10.6 Å². The van der Waals surface area contributed by atoms with Crippen LogP contribution in [0.5, 0.6) is 5.75 Å². The van der Waals surface area contributed by atoms with Crippen LogP contribution in [0.1, 0.15) is 5.56 Å². The molecule has 5 heteroatoms. The summed E-state index contributed by atoms with van der Waals surface area (Å²) in [6.45, 7) is 1.96. The molecule has 1 heterocycles. The SMILES string of the molecule is Cc1ccc([O-])c(-[n+]2cnn(-c3ccccc3)c2)c1.O. The Morgan fingerprint density at radius 3 is 2.60 bits per heavy atom. The lowest BCUT2D eigenvalue weighted by molar-refractivity contribution is -0.600. The lowest BCUT2D eigenvalue weighted by Crippen LogP contribution is -2.29. The third-order valence-electron chi connectivity index (χ3n) is 2.95. The topological polar surface area (TPSA) is 76.3 Å². The van der Waals surface area contributed by atoms with Crippen LogP contribution >= 0.6 is 0 Å². The Bertz CT molecular complexity index is 708. The standard InChI is InChI=1S/C15H13N3O.H2O/c1-12-7-8-15(19)14(9-12)17-10-16-18(11-17)13-5-3-2-4-6-13;/h2-11H,1H3;1H2. The molecule has 5 nitrogen and oxygen atoms in total. The van der Waals surface area contributed by atoms with Gasteiger partial charge in [0.15, 0.2) is 0 Å². The van der Waals surface area contributed by atoms with Gasteiger partial charge in [0.05, 0.1) is 5.69 Å². The summed E-state index contributed by atoms with van der Waals surface area (Å²) in [5.41, 5.74) is 2.62. The van der Waals surface area contributed by atoms with Crippen molar-refractivity contribution in [2.24, 2.45) is 0 Å². The highest BCUT2D eigenvalue weighted by Crippen LogP contribution is 2.15. The highest BCUT2D eigenvalue weighted by atomic mass is 16.3. The van der Waals surface area contributed by atoms with E-state index in [-0.39, 0.29) is 11.2 Å². The Morgan fingerprint density at radius 1 is 1.10 bits per heavy atom. The van der Waals surface area contributed by atoms with Crippen LogP contribution in [0, 0.1) is 6.92 Å². The van der Waals surface area contributed by atoms with Gasteiger partial charge >= 0.3 is 0 Å². The smallest absolute Gasteiger partial charge is 0.270 e. The molecule has 0 saturated carbocycles. The van der Waals surface area contributed by atoms with E-state index in [0.717, 1.165) is 11.3 Å². The Kier molecular flexibility index (Phi) is 3.81. The average Bonchev–Trinajstić information content (AvgIpc) is 2.92. The van der Waals surface area contributed by atoms with Gasteiger partial charge in [-0.1, -0.05) is 40.8 Å². The quantitative estimate of drug-likeness (QED) is 0.642. The monoisotopic (exact) mass is 269 g/mol. The van der Waals surface area contributed by atoms with E-state index in [9.17, 15) is 5.11 Å². The third-order valence-corrected chi connectivity index (χ3v) is 2.95. The van der Waals surface area contributed by atoms with Crippen molar-refractivity contribution < 1.29 is 15.1 Å². The van der Waals surface area contributed by atoms with Crippen LogP contribution < -0.4 is 9.67 Å². The fourth-order valence-electron chi connectivity index (χ4n) is 1.96. The number of hydrogen-bond acceptors (Lipinski definition) is 2. The number of para-hydroxylation sites is 1. The minimum absolute atomic E-state index is 0. The molecule has 2 aromatic carbocycles. The first-order valence-electron chi connectivity index (χ1n) is 6.03. The maximum absolute atomic E-state index is 11.9. The minimum Gasteiger partial charge on any atom is -0.870 e. The molecule has 2 N–H and O–H groups in total. The highest BCUT2D eigenvalue weighted by Gasteiger charge is 2.10. The molecule has 20 heavy (non-hydrogen) atoms. The molecule has 3 rings (SSSR count). The van der Waals surface area contributed by atoms with E-state index >= 15 is 0 Å². The zero-order chi connectivity index (χ0) is 13.2. The first-order chi connectivity index (χ1) is 9.24. The van der Waals surface area contributed by atoms with E-state index in [1.54, 1.807) is 28.0 Å². The second-order valence-corrected chi connectivity index (χ2v) is 4.40. The van der Waals surface area contributed by atoms with Crippen molar-refractivity contribution in [3.8, 4) is 17.1 Å². The normalized spacial score (nSPS) is 10.1. The average molecular weight is 269 g/mol. The van der Waals surface area contributed by atoms with Crippen molar-refractivity contribution in [2.45, 2.75) is 6.92 Å². The summed E-state index contributed by atoms with van der Waals surface area (Å²) in [5, 5.41) is 16.1. The zero-order valence-corrected chi connectivity index (χ0v) is 11.0. The Hall–Kier alpha value is -2.66. The number of benzene rings is 2. The van der Waals surface area contributed by atoms with Crippen molar-refractivity contribution in [1.82, 2.24) is 9.78 Å². The summed E-state index contributed by atoms with van der Waals surface area (Å²) in [7, 11) is 0. The molecule has 0 unspecified atom stereocenters. The zero-order valence-electron chi connectivity index (χ0n) is 11.0. The Labute approximate surface area is 116 Å².